The van der Waals surface area contributed by atoms with Gasteiger partial charge in [-0.25, -0.2) is 0 Å². The van der Waals surface area contributed by atoms with E-state index in [0.717, 1.165) is 19.5 Å². The van der Waals surface area contributed by atoms with E-state index in [0.29, 0.717) is 0 Å². The first-order valence-electron chi connectivity index (χ1n) is 3.14. The second-order valence-electron chi connectivity index (χ2n) is 2.89. The summed E-state index contributed by atoms with van der Waals surface area (Å²) >= 11 is 0. The van der Waals surface area contributed by atoms with Crippen LogP contribution in [-0.2, 0) is 0 Å². The van der Waals surface area contributed by atoms with Crippen LogP contribution < -0.4 is 5.73 Å². The Balaban J connectivity index is 2.30. The third-order valence-electron chi connectivity index (χ3n) is 1.87. The molecule has 0 aliphatic carbocycles. The molecule has 0 bridgehead atoms. The van der Waals surface area contributed by atoms with Crippen LogP contribution in [0.4, 0.5) is 0 Å². The predicted octanol–water partition coefficient (Wildman–Crippen LogP) is 0.0393. The molecule has 1 rings (SSSR count). The van der Waals surface area contributed by atoms with Gasteiger partial charge in [-0.3, -0.25) is 0 Å². The van der Waals surface area contributed by atoms with Crippen LogP contribution in [0.25, 0.3) is 0 Å². The lowest BCUT2D eigenvalue weighted by atomic mass is 9.89. The molecular weight excluding hydrogens is 100 g/mol. The van der Waals surface area contributed by atoms with Gasteiger partial charge in [0.05, 0.1) is 0 Å². The number of nitrogens with zero attached hydrogens (tertiary/aromatic N) is 1. The van der Waals surface area contributed by atoms with Gasteiger partial charge >= 0.3 is 0 Å². The molecule has 2 nitrogen and oxygen atoms in total. The Labute approximate surface area is 50.7 Å². The Hall–Kier alpha value is -0.0800. The summed E-state index contributed by atoms with van der Waals surface area (Å²) in [7, 11) is 2.10. The molecule has 1 heterocycles. The Morgan fingerprint density at radius 1 is 1.62 bits per heavy atom. The fraction of sp³-hybridized carbons (Fsp3) is 1.00. The van der Waals surface area contributed by atoms with Crippen LogP contribution >= 0.6 is 0 Å². The molecule has 0 radical (unpaired) electrons. The van der Waals surface area contributed by atoms with Gasteiger partial charge in [0.25, 0.3) is 0 Å². The summed E-state index contributed by atoms with van der Waals surface area (Å²) in [6, 6.07) is 0. The smallest absolute Gasteiger partial charge is 0.0409 e. The molecule has 0 atom stereocenters. The molecule has 1 aliphatic heterocycles. The van der Waals surface area contributed by atoms with Crippen molar-refractivity contribution in [1.29, 1.82) is 0 Å². The summed E-state index contributed by atoms with van der Waals surface area (Å²) in [5.74, 6) is 0. The van der Waals surface area contributed by atoms with Gasteiger partial charge in [-0.15, -0.1) is 0 Å². The van der Waals surface area contributed by atoms with Crippen molar-refractivity contribution in [2.24, 2.45) is 5.73 Å². The molecule has 0 aromatic rings. The monoisotopic (exact) mass is 114 g/mol. The van der Waals surface area contributed by atoms with Crippen LogP contribution in [0, 0.1) is 0 Å². The van der Waals surface area contributed by atoms with Gasteiger partial charge < -0.3 is 10.6 Å². The molecule has 1 fully saturated rings. The topological polar surface area (TPSA) is 29.3 Å². The van der Waals surface area contributed by atoms with E-state index < -0.39 is 0 Å². The summed E-state index contributed by atoms with van der Waals surface area (Å²) in [5.41, 5.74) is 6.01. The van der Waals surface area contributed by atoms with Crippen molar-refractivity contribution in [3.05, 3.63) is 0 Å². The van der Waals surface area contributed by atoms with Crippen molar-refractivity contribution in [2.75, 3.05) is 20.1 Å². The molecule has 0 amide bonds. The molecule has 2 N–H and O–H groups in total. The summed E-state index contributed by atoms with van der Waals surface area (Å²) in [6.07, 6.45) is 1.11. The predicted molar refractivity (Wildman–Crippen MR) is 34.7 cm³/mol. The van der Waals surface area contributed by atoms with E-state index in [-0.39, 0.29) is 5.54 Å². The lowest BCUT2D eigenvalue weighted by molar-refractivity contribution is 0.0964. The first-order valence-corrected chi connectivity index (χ1v) is 3.14. The molecule has 2 heteroatoms. The summed E-state index contributed by atoms with van der Waals surface area (Å²) in [6.45, 7) is 4.29. The fourth-order valence-electron chi connectivity index (χ4n) is 1.25. The van der Waals surface area contributed by atoms with Crippen LogP contribution in [-0.4, -0.2) is 30.6 Å². The summed E-state index contributed by atoms with van der Waals surface area (Å²) in [5, 5.41) is 0. The van der Waals surface area contributed by atoms with Gasteiger partial charge in [0.1, 0.15) is 0 Å². The number of hydrogen-bond donors (Lipinski definition) is 1. The summed E-state index contributed by atoms with van der Waals surface area (Å²) in [4.78, 5) is 2.24. The van der Waals surface area contributed by atoms with Gasteiger partial charge in [-0.2, -0.15) is 0 Å². The SMILES string of the molecule is CCC1(N)CN(C)C1. The van der Waals surface area contributed by atoms with Crippen LogP contribution in [0.5, 0.6) is 0 Å². The minimum Gasteiger partial charge on any atom is -0.323 e. The van der Waals surface area contributed by atoms with E-state index in [1.54, 1.807) is 0 Å². The van der Waals surface area contributed by atoms with Gasteiger partial charge in [0.2, 0.25) is 0 Å². The number of likely N-dealkylation sites (N-methyl/N-ethyl adjacent to an activating group) is 1. The highest BCUT2D eigenvalue weighted by molar-refractivity contribution is 4.96. The lowest BCUT2D eigenvalue weighted by Gasteiger charge is -2.45. The van der Waals surface area contributed by atoms with Gasteiger partial charge in [0.15, 0.2) is 0 Å². The van der Waals surface area contributed by atoms with E-state index in [1.807, 2.05) is 0 Å². The first kappa shape index (κ1) is 6.05. The van der Waals surface area contributed by atoms with Crippen molar-refractivity contribution in [1.82, 2.24) is 4.90 Å². The molecular formula is C6H14N2. The Morgan fingerprint density at radius 2 is 2.12 bits per heavy atom. The van der Waals surface area contributed by atoms with Crippen molar-refractivity contribution in [3.63, 3.8) is 0 Å². The normalized spacial score (nSPS) is 27.4. The molecule has 0 unspecified atom stereocenters. The molecule has 48 valence electrons. The van der Waals surface area contributed by atoms with E-state index in [9.17, 15) is 0 Å². The van der Waals surface area contributed by atoms with E-state index >= 15 is 0 Å². The van der Waals surface area contributed by atoms with Crippen molar-refractivity contribution < 1.29 is 0 Å². The van der Waals surface area contributed by atoms with Crippen LogP contribution in [0.2, 0.25) is 0 Å². The fourth-order valence-corrected chi connectivity index (χ4v) is 1.25. The maximum Gasteiger partial charge on any atom is 0.0409 e. The zero-order valence-corrected chi connectivity index (χ0v) is 5.65. The highest BCUT2D eigenvalue weighted by Gasteiger charge is 2.34. The molecule has 0 saturated carbocycles. The third-order valence-corrected chi connectivity index (χ3v) is 1.87. The number of nitrogens with two attached hydrogens (primary N) is 1. The van der Waals surface area contributed by atoms with E-state index in [4.69, 9.17) is 5.73 Å². The molecule has 0 aromatic heterocycles. The average Bonchev–Trinajstić information content (AvgIpc) is 1.63. The van der Waals surface area contributed by atoms with Crippen molar-refractivity contribution >= 4 is 0 Å². The van der Waals surface area contributed by atoms with Crippen molar-refractivity contribution in [3.8, 4) is 0 Å². The van der Waals surface area contributed by atoms with Gasteiger partial charge in [-0.1, -0.05) is 6.92 Å². The highest BCUT2D eigenvalue weighted by Crippen LogP contribution is 2.18. The quantitative estimate of drug-likeness (QED) is 0.521. The highest BCUT2D eigenvalue weighted by atomic mass is 15.2. The standard InChI is InChI=1S/C6H14N2/c1-3-6(7)4-8(2)5-6/h3-5,7H2,1-2H3. The maximum absolute atomic E-state index is 5.85. The van der Waals surface area contributed by atoms with Crippen molar-refractivity contribution in [2.45, 2.75) is 18.9 Å². The van der Waals surface area contributed by atoms with Gasteiger partial charge in [0, 0.05) is 18.6 Å². The maximum atomic E-state index is 5.85. The van der Waals surface area contributed by atoms with Gasteiger partial charge in [-0.05, 0) is 13.5 Å². The van der Waals surface area contributed by atoms with E-state index in [2.05, 4.69) is 18.9 Å². The Morgan fingerprint density at radius 3 is 2.25 bits per heavy atom. The summed E-state index contributed by atoms with van der Waals surface area (Å²) < 4.78 is 0. The zero-order chi connectivity index (χ0) is 6.20. The first-order chi connectivity index (χ1) is 3.66. The molecule has 1 saturated heterocycles. The van der Waals surface area contributed by atoms with E-state index in [1.165, 1.54) is 0 Å². The second-order valence-corrected chi connectivity index (χ2v) is 2.89. The Kier molecular flexibility index (Phi) is 1.29. The average molecular weight is 114 g/mol. The zero-order valence-electron chi connectivity index (χ0n) is 5.65. The number of rotatable bonds is 1. The minimum atomic E-state index is 0.161. The number of likely N-dealkylation sites (tertiary alicyclic amines) is 1. The Bertz CT molecular complexity index is 84.5. The minimum absolute atomic E-state index is 0.161. The lowest BCUT2D eigenvalue weighted by Crippen LogP contribution is -2.65. The molecule has 0 aromatic carbocycles. The van der Waals surface area contributed by atoms with Crippen LogP contribution in [0.3, 0.4) is 0 Å². The number of hydrogen-bond acceptors (Lipinski definition) is 2. The third kappa shape index (κ3) is 0.858. The second kappa shape index (κ2) is 1.71. The molecule has 1 aliphatic rings. The van der Waals surface area contributed by atoms with Crippen LogP contribution in [0.1, 0.15) is 13.3 Å². The molecule has 8 heavy (non-hydrogen) atoms. The van der Waals surface area contributed by atoms with Crippen LogP contribution in [0.15, 0.2) is 0 Å². The largest absolute Gasteiger partial charge is 0.323 e. The molecule has 0 spiro atoms.